The molecule has 1 saturated carbocycles. The Balaban J connectivity index is 1.66. The summed E-state index contributed by atoms with van der Waals surface area (Å²) >= 11 is 1.54. The predicted molar refractivity (Wildman–Crippen MR) is 128 cm³/mol. The maximum absolute atomic E-state index is 13.6. The molecule has 0 spiro atoms. The Morgan fingerprint density at radius 2 is 1.94 bits per heavy atom. The number of amides is 2. The Bertz CT molecular complexity index is 1010. The fourth-order valence-corrected chi connectivity index (χ4v) is 4.99. The Hall–Kier alpha value is -3.06. The van der Waals surface area contributed by atoms with E-state index in [0.717, 1.165) is 41.9 Å². The highest BCUT2D eigenvalue weighted by atomic mass is 32.1. The largest absolute Gasteiger partial charge is 0.494 e. The van der Waals surface area contributed by atoms with E-state index in [1.165, 1.54) is 11.3 Å². The fraction of sp³-hybridized carbons (Fsp3) is 0.385. The second-order valence-corrected chi connectivity index (χ2v) is 9.28. The van der Waals surface area contributed by atoms with Crippen LogP contribution in [0, 0.1) is 0 Å². The molecule has 1 N–H and O–H groups in total. The van der Waals surface area contributed by atoms with Crippen LogP contribution in [0.4, 0.5) is 0 Å². The fourth-order valence-electron chi connectivity index (χ4n) is 4.29. The van der Waals surface area contributed by atoms with Crippen LogP contribution in [-0.2, 0) is 22.6 Å². The first-order valence-electron chi connectivity index (χ1n) is 11.5. The predicted octanol–water partition coefficient (Wildman–Crippen LogP) is 5.11. The summed E-state index contributed by atoms with van der Waals surface area (Å²) in [5, 5.41) is 5.15. The van der Waals surface area contributed by atoms with E-state index in [9.17, 15) is 9.59 Å². The third kappa shape index (κ3) is 6.05. The van der Waals surface area contributed by atoms with Gasteiger partial charge >= 0.3 is 0 Å². The Morgan fingerprint density at radius 3 is 2.58 bits per heavy atom. The van der Waals surface area contributed by atoms with Gasteiger partial charge in [-0.1, -0.05) is 31.0 Å². The number of ether oxygens (including phenoxy) is 1. The summed E-state index contributed by atoms with van der Waals surface area (Å²) in [5.41, 5.74) is 0.750. The molecular weight excluding hydrogens is 436 g/mol. The average molecular weight is 467 g/mol. The number of rotatable bonds is 10. The molecule has 2 amide bonds. The summed E-state index contributed by atoms with van der Waals surface area (Å²) in [4.78, 5) is 29.8. The first kappa shape index (κ1) is 23.1. The third-order valence-electron chi connectivity index (χ3n) is 5.90. The molecule has 2 heterocycles. The van der Waals surface area contributed by atoms with Gasteiger partial charge in [0.05, 0.1) is 25.8 Å². The van der Waals surface area contributed by atoms with E-state index in [-0.39, 0.29) is 30.8 Å². The zero-order valence-electron chi connectivity index (χ0n) is 18.9. The van der Waals surface area contributed by atoms with Crippen molar-refractivity contribution in [2.45, 2.75) is 57.7 Å². The number of nitrogens with zero attached hydrogens (tertiary/aromatic N) is 1. The smallest absolute Gasteiger partial charge is 0.247 e. The summed E-state index contributed by atoms with van der Waals surface area (Å²) < 4.78 is 11.1. The standard InChI is InChI=1S/C26H30N2O4S/c1-2-31-21-13-11-19(12-14-21)25(26(30)27-20-7-3-4-8-20)28(18-22-9-5-15-32-22)24(29)17-23-10-6-16-33-23/h5-6,9-16,20,25H,2-4,7-8,17-18H2,1H3,(H,27,30)/t25-/m1/s1. The third-order valence-corrected chi connectivity index (χ3v) is 6.78. The van der Waals surface area contributed by atoms with Gasteiger partial charge in [0.2, 0.25) is 11.8 Å². The first-order valence-corrected chi connectivity index (χ1v) is 12.4. The van der Waals surface area contributed by atoms with Crippen molar-refractivity contribution in [1.82, 2.24) is 10.2 Å². The van der Waals surface area contributed by atoms with Gasteiger partial charge < -0.3 is 19.4 Å². The number of benzene rings is 1. The summed E-state index contributed by atoms with van der Waals surface area (Å²) in [6, 6.07) is 14.3. The van der Waals surface area contributed by atoms with Crippen LogP contribution in [0.1, 0.15) is 54.8 Å². The van der Waals surface area contributed by atoms with Gasteiger partial charge in [-0.05, 0) is 61.0 Å². The lowest BCUT2D eigenvalue weighted by Crippen LogP contribution is -2.46. The average Bonchev–Trinajstić information content (AvgIpc) is 3.59. The van der Waals surface area contributed by atoms with Crippen molar-refractivity contribution in [3.8, 4) is 5.75 Å². The number of hydrogen-bond acceptors (Lipinski definition) is 5. The second kappa shape index (κ2) is 11.2. The monoisotopic (exact) mass is 466 g/mol. The van der Waals surface area contributed by atoms with Crippen molar-refractivity contribution in [2.75, 3.05) is 6.61 Å². The van der Waals surface area contributed by atoms with Crippen LogP contribution in [0.2, 0.25) is 0 Å². The number of nitrogens with one attached hydrogen (secondary N) is 1. The van der Waals surface area contributed by atoms with Crippen molar-refractivity contribution >= 4 is 23.2 Å². The van der Waals surface area contributed by atoms with E-state index in [2.05, 4.69) is 5.32 Å². The molecule has 3 aromatic rings. The highest BCUT2D eigenvalue weighted by Gasteiger charge is 2.33. The number of furan rings is 1. The van der Waals surface area contributed by atoms with E-state index in [1.807, 2.05) is 54.8 Å². The lowest BCUT2D eigenvalue weighted by Gasteiger charge is -2.32. The summed E-state index contributed by atoms with van der Waals surface area (Å²) in [5.74, 6) is 1.10. The number of hydrogen-bond donors (Lipinski definition) is 1. The van der Waals surface area contributed by atoms with Crippen molar-refractivity contribution in [3.63, 3.8) is 0 Å². The summed E-state index contributed by atoms with van der Waals surface area (Å²) in [7, 11) is 0. The van der Waals surface area contributed by atoms with Crippen LogP contribution in [0.15, 0.2) is 64.6 Å². The van der Waals surface area contributed by atoms with Gasteiger partial charge in [-0.15, -0.1) is 11.3 Å². The quantitative estimate of drug-likeness (QED) is 0.451. The Morgan fingerprint density at radius 1 is 1.15 bits per heavy atom. The zero-order valence-corrected chi connectivity index (χ0v) is 19.7. The molecule has 0 aliphatic heterocycles. The van der Waals surface area contributed by atoms with Gasteiger partial charge in [-0.3, -0.25) is 9.59 Å². The van der Waals surface area contributed by atoms with E-state index in [4.69, 9.17) is 9.15 Å². The van der Waals surface area contributed by atoms with Crippen LogP contribution < -0.4 is 10.1 Å². The van der Waals surface area contributed by atoms with Crippen molar-refractivity contribution < 1.29 is 18.7 Å². The second-order valence-electron chi connectivity index (χ2n) is 8.25. The van der Waals surface area contributed by atoms with Gasteiger partial charge in [0, 0.05) is 10.9 Å². The van der Waals surface area contributed by atoms with Crippen LogP contribution >= 0.6 is 11.3 Å². The van der Waals surface area contributed by atoms with Crippen molar-refractivity contribution in [2.24, 2.45) is 0 Å². The van der Waals surface area contributed by atoms with Gasteiger partial charge in [0.25, 0.3) is 0 Å². The van der Waals surface area contributed by atoms with Gasteiger partial charge in [-0.25, -0.2) is 0 Å². The molecule has 1 aromatic carbocycles. The van der Waals surface area contributed by atoms with Gasteiger partial charge in [0.1, 0.15) is 17.6 Å². The molecule has 0 saturated heterocycles. The topological polar surface area (TPSA) is 71.8 Å². The molecule has 7 heteroatoms. The minimum atomic E-state index is -0.765. The number of thiophene rings is 1. The SMILES string of the molecule is CCOc1ccc([C@H](C(=O)NC2CCCC2)N(Cc2ccco2)C(=O)Cc2cccs2)cc1. The Labute approximate surface area is 198 Å². The summed E-state index contributed by atoms with van der Waals surface area (Å²) in [6.45, 7) is 2.71. The van der Waals surface area contributed by atoms with E-state index in [0.29, 0.717) is 12.4 Å². The van der Waals surface area contributed by atoms with Crippen LogP contribution in [0.5, 0.6) is 5.75 Å². The van der Waals surface area contributed by atoms with Gasteiger partial charge in [0.15, 0.2) is 0 Å². The van der Waals surface area contributed by atoms with Crippen LogP contribution in [0.25, 0.3) is 0 Å². The molecule has 4 rings (SSSR count). The molecule has 2 aromatic heterocycles. The Kier molecular flexibility index (Phi) is 7.83. The lowest BCUT2D eigenvalue weighted by atomic mass is 10.0. The first-order chi connectivity index (χ1) is 16.1. The molecule has 1 fully saturated rings. The maximum atomic E-state index is 13.6. The highest BCUT2D eigenvalue weighted by Crippen LogP contribution is 2.28. The van der Waals surface area contributed by atoms with E-state index in [1.54, 1.807) is 17.2 Å². The molecule has 174 valence electrons. The summed E-state index contributed by atoms with van der Waals surface area (Å²) in [6.07, 6.45) is 6.01. The molecular formula is C26H30N2O4S. The minimum absolute atomic E-state index is 0.116. The molecule has 1 aliphatic carbocycles. The van der Waals surface area contributed by atoms with Crippen molar-refractivity contribution in [3.05, 3.63) is 76.4 Å². The molecule has 0 bridgehead atoms. The molecule has 0 radical (unpaired) electrons. The number of carbonyl (C=O) groups excluding carboxylic acids is 2. The molecule has 33 heavy (non-hydrogen) atoms. The molecule has 1 aliphatic rings. The lowest BCUT2D eigenvalue weighted by molar-refractivity contribution is -0.141. The molecule has 1 atom stereocenters. The van der Waals surface area contributed by atoms with E-state index >= 15 is 0 Å². The minimum Gasteiger partial charge on any atom is -0.494 e. The highest BCUT2D eigenvalue weighted by molar-refractivity contribution is 7.10. The zero-order chi connectivity index (χ0) is 23.0. The normalized spacial score (nSPS) is 14.7. The van der Waals surface area contributed by atoms with Crippen LogP contribution in [-0.4, -0.2) is 29.4 Å². The van der Waals surface area contributed by atoms with E-state index < -0.39 is 6.04 Å². The van der Waals surface area contributed by atoms with Crippen molar-refractivity contribution in [1.29, 1.82) is 0 Å². The number of carbonyl (C=O) groups is 2. The van der Waals surface area contributed by atoms with Crippen LogP contribution in [0.3, 0.4) is 0 Å². The maximum Gasteiger partial charge on any atom is 0.247 e. The molecule has 0 unspecified atom stereocenters. The van der Waals surface area contributed by atoms with Gasteiger partial charge in [-0.2, -0.15) is 0 Å². The molecule has 6 nitrogen and oxygen atoms in total.